The number of carboxylic acids is 1. The molecule has 0 spiro atoms. The number of nitrogens with one attached hydrogen (secondary N) is 3. The van der Waals surface area contributed by atoms with Gasteiger partial charge in [0.25, 0.3) is 5.24 Å². The van der Waals surface area contributed by atoms with Gasteiger partial charge in [0.05, 0.1) is 5.56 Å². The molecule has 0 radical (unpaired) electrons. The molecule has 6 aromatic rings. The maximum atomic E-state index is 10.7. The summed E-state index contributed by atoms with van der Waals surface area (Å²) >= 11 is 5.28. The number of rotatable bonds is 8. The Kier molecular flexibility index (Phi) is 15.3. The minimum Gasteiger partial charge on any atom is -0.478 e. The fraction of sp³-hybridized carbons (Fsp3) is 0.146. The summed E-state index contributed by atoms with van der Waals surface area (Å²) < 4.78 is 5.72. The Hall–Kier alpha value is -6.70. The maximum Gasteiger partial charge on any atom is 0.335 e. The molecule has 4 N–H and O–H groups in total. The molecule has 7 rings (SSSR count). The van der Waals surface area contributed by atoms with Gasteiger partial charge in [-0.25, -0.2) is 10.3 Å². The van der Waals surface area contributed by atoms with E-state index < -0.39 is 11.2 Å². The third kappa shape index (κ3) is 12.7. The first kappa shape index (κ1) is 41.1. The van der Waals surface area contributed by atoms with E-state index in [1.54, 1.807) is 36.4 Å². The highest BCUT2D eigenvalue weighted by atomic mass is 35.5. The third-order valence-electron chi connectivity index (χ3n) is 7.77. The lowest BCUT2D eigenvalue weighted by Gasteiger charge is -2.11. The highest BCUT2D eigenvalue weighted by molar-refractivity contribution is 6.67. The Labute approximate surface area is 325 Å². The normalized spacial score (nSPS) is 11.0. The van der Waals surface area contributed by atoms with Gasteiger partial charge in [-0.2, -0.15) is 0 Å². The Balaban J connectivity index is 0.000000169. The van der Waals surface area contributed by atoms with E-state index in [-0.39, 0.29) is 0 Å². The number of hydrazine groups is 2. The number of hydrogen-bond acceptors (Lipinski definition) is 12. The second kappa shape index (κ2) is 20.5. The van der Waals surface area contributed by atoms with Crippen molar-refractivity contribution in [2.45, 2.75) is 0 Å². The molecule has 284 valence electrons. The summed E-state index contributed by atoms with van der Waals surface area (Å²) in [4.78, 5) is 27.1. The molecule has 13 nitrogen and oxygen atoms in total. The molecule has 14 heteroatoms. The summed E-state index contributed by atoms with van der Waals surface area (Å²) in [7, 11) is 11.7. The van der Waals surface area contributed by atoms with Crippen LogP contribution in [0.4, 0.5) is 17.1 Å². The first-order valence-corrected chi connectivity index (χ1v) is 17.3. The van der Waals surface area contributed by atoms with Crippen molar-refractivity contribution in [3.63, 3.8) is 0 Å². The summed E-state index contributed by atoms with van der Waals surface area (Å²) in [5, 5.41) is 20.3. The molecule has 0 amide bonds. The summed E-state index contributed by atoms with van der Waals surface area (Å²) in [6.45, 7) is 0. The van der Waals surface area contributed by atoms with Crippen molar-refractivity contribution in [3.8, 4) is 22.9 Å². The zero-order chi connectivity index (χ0) is 39.7. The summed E-state index contributed by atoms with van der Waals surface area (Å²) in [6, 6.07) is 41.6. The second-order valence-electron chi connectivity index (χ2n) is 12.4. The average Bonchev–Trinajstić information content (AvgIpc) is 3.94. The van der Waals surface area contributed by atoms with Crippen molar-refractivity contribution < 1.29 is 19.1 Å². The minimum absolute atomic E-state index is 0.320. The highest BCUT2D eigenvalue weighted by Gasteiger charge is 2.10. The fourth-order valence-electron chi connectivity index (χ4n) is 4.66. The molecule has 0 unspecified atom stereocenters. The van der Waals surface area contributed by atoms with Crippen LogP contribution in [0.5, 0.6) is 0 Å². The number of hydrazone groups is 1. The fourth-order valence-corrected chi connectivity index (χ4v) is 4.79. The number of aromatic carboxylic acids is 1. The Morgan fingerprint density at radius 3 is 1.35 bits per heavy atom. The van der Waals surface area contributed by atoms with Crippen LogP contribution in [0.1, 0.15) is 26.3 Å². The summed E-state index contributed by atoms with van der Waals surface area (Å²) in [5.74, 6) is 0.998. The van der Waals surface area contributed by atoms with E-state index in [1.807, 2.05) is 154 Å². The quantitative estimate of drug-likeness (QED) is 0.118. The van der Waals surface area contributed by atoms with Crippen LogP contribution in [0.15, 0.2) is 143 Å². The molecular formula is C41H44ClN9O4. The molecule has 1 aliphatic heterocycles. The van der Waals surface area contributed by atoms with Crippen molar-refractivity contribution in [2.24, 2.45) is 5.10 Å². The number of benzene rings is 5. The molecule has 0 aliphatic carbocycles. The Bertz CT molecular complexity index is 2040. The van der Waals surface area contributed by atoms with Crippen molar-refractivity contribution in [2.75, 3.05) is 57.0 Å². The van der Waals surface area contributed by atoms with E-state index in [4.69, 9.17) is 21.1 Å². The first-order valence-electron chi connectivity index (χ1n) is 17.0. The van der Waals surface area contributed by atoms with E-state index in [0.717, 1.165) is 39.6 Å². The van der Waals surface area contributed by atoms with E-state index in [2.05, 4.69) is 31.8 Å². The molecule has 0 atom stereocenters. The number of carboxylic acid groups (broad SMARTS) is 1. The highest BCUT2D eigenvalue weighted by Crippen LogP contribution is 2.25. The van der Waals surface area contributed by atoms with Crippen LogP contribution in [0.25, 0.3) is 22.9 Å². The minimum atomic E-state index is -0.889. The number of carbonyl (C=O) groups is 2. The van der Waals surface area contributed by atoms with E-state index in [9.17, 15) is 9.59 Å². The van der Waals surface area contributed by atoms with Gasteiger partial charge in [0.2, 0.25) is 11.8 Å². The lowest BCUT2D eigenvalue weighted by atomic mass is 10.2. The van der Waals surface area contributed by atoms with Gasteiger partial charge in [0.15, 0.2) is 5.84 Å². The molecular weight excluding hydrogens is 718 g/mol. The molecule has 0 saturated carbocycles. The van der Waals surface area contributed by atoms with Gasteiger partial charge in [-0.05, 0) is 96.5 Å². The maximum absolute atomic E-state index is 10.7. The van der Waals surface area contributed by atoms with Crippen molar-refractivity contribution in [1.29, 1.82) is 0 Å². The number of aromatic nitrogens is 2. The third-order valence-corrected chi connectivity index (χ3v) is 7.99. The lowest BCUT2D eigenvalue weighted by Crippen LogP contribution is -2.35. The van der Waals surface area contributed by atoms with Crippen LogP contribution in [-0.4, -0.2) is 74.6 Å². The van der Waals surface area contributed by atoms with Crippen molar-refractivity contribution in [3.05, 3.63) is 150 Å². The predicted molar refractivity (Wildman–Crippen MR) is 221 cm³/mol. The van der Waals surface area contributed by atoms with Gasteiger partial charge in [-0.15, -0.1) is 20.8 Å². The Morgan fingerprint density at radius 2 is 0.964 bits per heavy atom. The van der Waals surface area contributed by atoms with Crippen LogP contribution >= 0.6 is 11.6 Å². The standard InChI is InChI=1S/C16H15N3O.C9H10ClNO.C9H11NO2.C7H8N4/c1-19(2)14-10-8-13(9-11-14)16-18-17-15(20-16)12-6-4-3-5-7-12;1-11(2)8-5-3-7(4-6-8)9(10)12;1-10(2)8-5-3-7(4-6-8)9(11)12;1-2-4-6(5-3-1)7-8-10-11-9-7/h3-11H,1-2H3;3-6H,1-2H3;3-6H,1-2H3,(H,11,12);1-5,10-11H,(H,8,9). The number of halogens is 1. The van der Waals surface area contributed by atoms with Crippen LogP contribution in [0.2, 0.25) is 0 Å². The van der Waals surface area contributed by atoms with Gasteiger partial charge in [-0.1, -0.05) is 48.5 Å². The Morgan fingerprint density at radius 1 is 0.564 bits per heavy atom. The van der Waals surface area contributed by atoms with Gasteiger partial charge in [-0.3, -0.25) is 10.2 Å². The molecule has 0 fully saturated rings. The smallest absolute Gasteiger partial charge is 0.335 e. The average molecular weight is 762 g/mol. The van der Waals surface area contributed by atoms with Gasteiger partial charge >= 0.3 is 5.97 Å². The molecule has 0 saturated heterocycles. The number of hydrogen-bond donors (Lipinski definition) is 4. The molecule has 2 heterocycles. The topological polar surface area (TPSA) is 151 Å². The van der Waals surface area contributed by atoms with Gasteiger partial charge in [0.1, 0.15) is 0 Å². The zero-order valence-electron chi connectivity index (χ0n) is 31.4. The lowest BCUT2D eigenvalue weighted by molar-refractivity contribution is 0.0696. The van der Waals surface area contributed by atoms with E-state index >= 15 is 0 Å². The SMILES string of the molecule is CN(C)c1ccc(-c2nnc(-c3ccccc3)o2)cc1.CN(C)c1ccc(C(=O)Cl)cc1.CN(C)c1ccc(C(=O)O)cc1.c1ccc(C2=NNNN2)cc1. The second-order valence-corrected chi connectivity index (χ2v) is 12.7. The number of nitrogens with zero attached hydrogens (tertiary/aromatic N) is 6. The van der Waals surface area contributed by atoms with Crippen LogP contribution in [0, 0.1) is 0 Å². The molecule has 0 bridgehead atoms. The largest absolute Gasteiger partial charge is 0.478 e. The van der Waals surface area contributed by atoms with Crippen molar-refractivity contribution >= 4 is 45.7 Å². The van der Waals surface area contributed by atoms with Crippen LogP contribution in [-0.2, 0) is 0 Å². The number of carbonyl (C=O) groups excluding carboxylic acids is 1. The molecule has 1 aromatic heterocycles. The molecule has 5 aromatic carbocycles. The van der Waals surface area contributed by atoms with Crippen molar-refractivity contribution in [1.82, 2.24) is 26.7 Å². The molecule has 55 heavy (non-hydrogen) atoms. The number of anilines is 3. The predicted octanol–water partition coefficient (Wildman–Crippen LogP) is 7.01. The van der Waals surface area contributed by atoms with Crippen LogP contribution < -0.4 is 31.2 Å². The van der Waals surface area contributed by atoms with Crippen LogP contribution in [0.3, 0.4) is 0 Å². The number of amidine groups is 1. The zero-order valence-corrected chi connectivity index (χ0v) is 32.2. The first-order chi connectivity index (χ1) is 26.4. The molecule has 1 aliphatic rings. The summed E-state index contributed by atoms with van der Waals surface area (Å²) in [6.07, 6.45) is 0. The monoisotopic (exact) mass is 761 g/mol. The van der Waals surface area contributed by atoms with E-state index in [1.165, 1.54) is 0 Å². The van der Waals surface area contributed by atoms with Gasteiger partial charge in [0, 0.05) is 81.6 Å². The van der Waals surface area contributed by atoms with E-state index in [0.29, 0.717) is 22.9 Å². The van der Waals surface area contributed by atoms with Gasteiger partial charge < -0.3 is 24.2 Å². The summed E-state index contributed by atoms with van der Waals surface area (Å²) in [5.41, 5.74) is 15.1.